The Bertz CT molecular complexity index is 1930. The molecule has 2 nitrogen and oxygen atoms in total. The van der Waals surface area contributed by atoms with Crippen LogP contribution in [0.3, 0.4) is 0 Å². The average molecular weight is 501 g/mol. The van der Waals surface area contributed by atoms with Crippen LogP contribution < -0.4 is 5.32 Å². The highest BCUT2D eigenvalue weighted by molar-refractivity contribution is 6.10. The number of fused-ring (bicyclic) bond motifs is 3. The number of para-hydroxylation sites is 2. The second kappa shape index (κ2) is 9.66. The van der Waals surface area contributed by atoms with E-state index < -0.39 is 0 Å². The van der Waals surface area contributed by atoms with Crippen molar-refractivity contribution >= 4 is 33.2 Å². The first-order chi connectivity index (χ1) is 19.2. The van der Waals surface area contributed by atoms with E-state index in [1.165, 1.54) is 55.3 Å². The summed E-state index contributed by atoms with van der Waals surface area (Å²) in [5, 5.41) is 6.20. The third-order valence-electron chi connectivity index (χ3n) is 7.44. The van der Waals surface area contributed by atoms with Crippen molar-refractivity contribution in [3.63, 3.8) is 0 Å². The van der Waals surface area contributed by atoms with E-state index in [9.17, 15) is 0 Å². The molecule has 0 saturated heterocycles. The lowest BCUT2D eigenvalue weighted by Crippen LogP contribution is -1.95. The molecule has 7 aromatic rings. The van der Waals surface area contributed by atoms with Gasteiger partial charge in [0.25, 0.3) is 0 Å². The Hall–Kier alpha value is -5.08. The summed E-state index contributed by atoms with van der Waals surface area (Å²) in [5.74, 6) is 0. The van der Waals surface area contributed by atoms with Crippen molar-refractivity contribution in [1.29, 1.82) is 0 Å². The molecular weight excluding hydrogens is 472 g/mol. The molecule has 0 fully saturated rings. The monoisotopic (exact) mass is 500 g/mol. The van der Waals surface area contributed by atoms with Gasteiger partial charge in [-0.15, -0.1) is 0 Å². The number of rotatable bonds is 5. The summed E-state index contributed by atoms with van der Waals surface area (Å²) in [7, 11) is 0. The Labute approximate surface area is 228 Å². The van der Waals surface area contributed by atoms with E-state index in [0.717, 1.165) is 11.4 Å². The molecule has 1 aromatic heterocycles. The molecule has 39 heavy (non-hydrogen) atoms. The number of benzene rings is 6. The van der Waals surface area contributed by atoms with E-state index in [4.69, 9.17) is 0 Å². The van der Waals surface area contributed by atoms with Crippen LogP contribution in [0, 0.1) is 6.92 Å². The maximum Gasteiger partial charge on any atom is 0.0547 e. The van der Waals surface area contributed by atoms with Crippen molar-refractivity contribution in [3.05, 3.63) is 151 Å². The predicted octanol–water partition coefficient (Wildman–Crippen LogP) is 10.2. The number of anilines is 2. The van der Waals surface area contributed by atoms with Crippen LogP contribution in [0.4, 0.5) is 11.4 Å². The molecule has 1 N–H and O–H groups in total. The summed E-state index contributed by atoms with van der Waals surface area (Å²) in [4.78, 5) is 0. The molecule has 7 rings (SSSR count). The quantitative estimate of drug-likeness (QED) is 0.249. The second-order valence-corrected chi connectivity index (χ2v) is 10.0. The van der Waals surface area contributed by atoms with Gasteiger partial charge in [0.2, 0.25) is 0 Å². The van der Waals surface area contributed by atoms with Crippen LogP contribution in [0.25, 0.3) is 49.7 Å². The number of aryl methyl sites for hydroxylation is 1. The lowest BCUT2D eigenvalue weighted by atomic mass is 10.0. The zero-order valence-electron chi connectivity index (χ0n) is 21.8. The summed E-state index contributed by atoms with van der Waals surface area (Å²) >= 11 is 0. The van der Waals surface area contributed by atoms with Gasteiger partial charge in [-0.1, -0.05) is 103 Å². The lowest BCUT2D eigenvalue weighted by molar-refractivity contribution is 1.17. The maximum absolute atomic E-state index is 3.67. The molecule has 186 valence electrons. The van der Waals surface area contributed by atoms with Crippen LogP contribution >= 0.6 is 0 Å². The highest BCUT2D eigenvalue weighted by Crippen LogP contribution is 2.37. The molecule has 0 aliphatic carbocycles. The van der Waals surface area contributed by atoms with Gasteiger partial charge in [-0.3, -0.25) is 0 Å². The average Bonchev–Trinajstić information content (AvgIpc) is 3.32. The highest BCUT2D eigenvalue weighted by Gasteiger charge is 2.14. The fourth-order valence-corrected chi connectivity index (χ4v) is 5.56. The van der Waals surface area contributed by atoms with Crippen LogP contribution in [0.15, 0.2) is 146 Å². The number of hydrogen-bond donors (Lipinski definition) is 1. The SMILES string of the molecule is Cc1cccc(-n2c3ccccc3c3ccc(-c4ccccc4Nc4ccc(-c5ccccc5)cc4)cc32)c1. The van der Waals surface area contributed by atoms with E-state index >= 15 is 0 Å². The van der Waals surface area contributed by atoms with Crippen LogP contribution in [0.2, 0.25) is 0 Å². The molecule has 0 radical (unpaired) electrons. The molecule has 0 atom stereocenters. The molecule has 0 amide bonds. The van der Waals surface area contributed by atoms with Gasteiger partial charge in [0.05, 0.1) is 11.0 Å². The fraction of sp³-hybridized carbons (Fsp3) is 0.0270. The van der Waals surface area contributed by atoms with E-state index in [1.807, 2.05) is 6.07 Å². The third kappa shape index (κ3) is 4.26. The minimum atomic E-state index is 1.07. The van der Waals surface area contributed by atoms with Crippen molar-refractivity contribution < 1.29 is 0 Å². The normalized spacial score (nSPS) is 11.2. The summed E-state index contributed by atoms with van der Waals surface area (Å²) in [6.07, 6.45) is 0. The molecular formula is C37H28N2. The zero-order valence-corrected chi connectivity index (χ0v) is 21.8. The Kier molecular flexibility index (Phi) is 5.71. The topological polar surface area (TPSA) is 17.0 Å². The fourth-order valence-electron chi connectivity index (χ4n) is 5.56. The van der Waals surface area contributed by atoms with Gasteiger partial charge in [0.15, 0.2) is 0 Å². The van der Waals surface area contributed by atoms with Crippen LogP contribution in [-0.2, 0) is 0 Å². The standard InChI is InChI=1S/C37H28N2/c1-26-10-9-13-31(24-26)39-36-17-8-6-15-33(36)34-23-20-29(25-37(34)39)32-14-5-7-16-35(32)38-30-21-18-28(19-22-30)27-11-3-2-4-12-27/h2-25,38H,1H3. The van der Waals surface area contributed by atoms with Gasteiger partial charge >= 0.3 is 0 Å². The maximum atomic E-state index is 3.67. The van der Waals surface area contributed by atoms with Gasteiger partial charge in [0.1, 0.15) is 0 Å². The Morgan fingerprint density at radius 2 is 1.18 bits per heavy atom. The second-order valence-electron chi connectivity index (χ2n) is 10.0. The van der Waals surface area contributed by atoms with Gasteiger partial charge in [-0.05, 0) is 71.6 Å². The van der Waals surface area contributed by atoms with Gasteiger partial charge in [-0.25, -0.2) is 0 Å². The molecule has 6 aromatic carbocycles. The van der Waals surface area contributed by atoms with E-state index in [0.29, 0.717) is 0 Å². The van der Waals surface area contributed by atoms with Crippen molar-refractivity contribution in [1.82, 2.24) is 4.57 Å². The first-order valence-electron chi connectivity index (χ1n) is 13.4. The van der Waals surface area contributed by atoms with Gasteiger partial charge < -0.3 is 9.88 Å². The number of aromatic nitrogens is 1. The number of nitrogens with one attached hydrogen (secondary N) is 1. The van der Waals surface area contributed by atoms with E-state index in [-0.39, 0.29) is 0 Å². The molecule has 0 spiro atoms. The van der Waals surface area contributed by atoms with E-state index in [2.05, 4.69) is 156 Å². The number of nitrogens with zero attached hydrogens (tertiary/aromatic N) is 1. The van der Waals surface area contributed by atoms with E-state index in [1.54, 1.807) is 0 Å². The van der Waals surface area contributed by atoms with Crippen LogP contribution in [0.5, 0.6) is 0 Å². The molecule has 0 aliphatic rings. The largest absolute Gasteiger partial charge is 0.355 e. The Balaban J connectivity index is 1.31. The van der Waals surface area contributed by atoms with Gasteiger partial charge in [-0.2, -0.15) is 0 Å². The molecule has 0 aliphatic heterocycles. The summed E-state index contributed by atoms with van der Waals surface area (Å²) < 4.78 is 2.39. The van der Waals surface area contributed by atoms with Crippen molar-refractivity contribution in [2.24, 2.45) is 0 Å². The molecule has 0 saturated carbocycles. The Morgan fingerprint density at radius 3 is 2.03 bits per heavy atom. The molecule has 0 bridgehead atoms. The predicted molar refractivity (Wildman–Crippen MR) is 166 cm³/mol. The van der Waals surface area contributed by atoms with Crippen molar-refractivity contribution in [3.8, 4) is 27.9 Å². The highest BCUT2D eigenvalue weighted by atomic mass is 15.0. The van der Waals surface area contributed by atoms with Crippen molar-refractivity contribution in [2.45, 2.75) is 6.92 Å². The van der Waals surface area contributed by atoms with Crippen LogP contribution in [0.1, 0.15) is 5.56 Å². The molecule has 2 heteroatoms. The summed E-state index contributed by atoms with van der Waals surface area (Å²) in [6, 6.07) is 51.9. The molecule has 1 heterocycles. The Morgan fingerprint density at radius 1 is 0.487 bits per heavy atom. The minimum absolute atomic E-state index is 1.07. The molecule has 0 unspecified atom stereocenters. The smallest absolute Gasteiger partial charge is 0.0547 e. The minimum Gasteiger partial charge on any atom is -0.355 e. The number of hydrogen-bond acceptors (Lipinski definition) is 1. The summed E-state index contributed by atoms with van der Waals surface area (Å²) in [5.41, 5.74) is 11.8. The first kappa shape index (κ1) is 23.1. The first-order valence-corrected chi connectivity index (χ1v) is 13.4. The van der Waals surface area contributed by atoms with Crippen molar-refractivity contribution in [2.75, 3.05) is 5.32 Å². The lowest BCUT2D eigenvalue weighted by Gasteiger charge is -2.14. The third-order valence-corrected chi connectivity index (χ3v) is 7.44. The zero-order chi connectivity index (χ0) is 26.2. The van der Waals surface area contributed by atoms with Gasteiger partial charge in [0, 0.05) is 33.4 Å². The van der Waals surface area contributed by atoms with Crippen LogP contribution in [-0.4, -0.2) is 4.57 Å². The summed E-state index contributed by atoms with van der Waals surface area (Å²) in [6.45, 7) is 2.15.